The zero-order chi connectivity index (χ0) is 49.4. The summed E-state index contributed by atoms with van der Waals surface area (Å²) in [5.41, 5.74) is 25.8. The van der Waals surface area contributed by atoms with Gasteiger partial charge >= 0.3 is 0 Å². The van der Waals surface area contributed by atoms with Gasteiger partial charge in [-0.05, 0) is 125 Å². The summed E-state index contributed by atoms with van der Waals surface area (Å²) in [6.07, 6.45) is 1.97. The van der Waals surface area contributed by atoms with E-state index in [1.807, 2.05) is 6.07 Å². The fourth-order valence-electron chi connectivity index (χ4n) is 13.0. The largest absolute Gasteiger partial charge is 0.455 e. The van der Waals surface area contributed by atoms with Gasteiger partial charge in [0.05, 0.1) is 5.41 Å². The van der Waals surface area contributed by atoms with Crippen LogP contribution in [0, 0.1) is 0 Å². The molecule has 0 amide bonds. The number of benzene rings is 11. The fourth-order valence-corrected chi connectivity index (χ4v) is 13.0. The van der Waals surface area contributed by atoms with Gasteiger partial charge in [-0.15, -0.1) is 0 Å². The molecule has 0 radical (unpaired) electrons. The van der Waals surface area contributed by atoms with Crippen molar-refractivity contribution in [2.75, 3.05) is 0 Å². The summed E-state index contributed by atoms with van der Waals surface area (Å²) in [7, 11) is 0. The van der Waals surface area contributed by atoms with Crippen LogP contribution in [0.5, 0.6) is 0 Å². The molecule has 1 heterocycles. The second kappa shape index (κ2) is 17.5. The Hall–Kier alpha value is -8.78. The van der Waals surface area contributed by atoms with E-state index in [1.165, 1.54) is 94.6 Å². The Morgan fingerprint density at radius 1 is 0.351 bits per heavy atom. The quantitative estimate of drug-likeness (QED) is 0.133. The summed E-state index contributed by atoms with van der Waals surface area (Å²) in [6, 6.07) is 97.1. The molecular weight excluding hydrogens is 893 g/mol. The second-order valence-electron chi connectivity index (χ2n) is 21.0. The van der Waals surface area contributed by atoms with Crippen molar-refractivity contribution < 1.29 is 4.42 Å². The number of aryl methyl sites for hydroxylation is 1. The lowest BCUT2D eigenvalue weighted by Crippen LogP contribution is -2.28. The highest BCUT2D eigenvalue weighted by Gasteiger charge is 2.46. The highest BCUT2D eigenvalue weighted by atomic mass is 16.3. The Morgan fingerprint density at radius 2 is 0.892 bits per heavy atom. The zero-order valence-electron chi connectivity index (χ0n) is 41.7. The summed E-state index contributed by atoms with van der Waals surface area (Å²) in [6.45, 7) is 4.77. The lowest BCUT2D eigenvalue weighted by atomic mass is 9.67. The van der Waals surface area contributed by atoms with Gasteiger partial charge in [0.15, 0.2) is 0 Å². The third-order valence-corrected chi connectivity index (χ3v) is 16.7. The lowest BCUT2D eigenvalue weighted by molar-refractivity contribution is 0.654. The monoisotopic (exact) mass is 946 g/mol. The van der Waals surface area contributed by atoms with Crippen LogP contribution in [0.4, 0.5) is 0 Å². The van der Waals surface area contributed by atoms with E-state index < -0.39 is 5.41 Å². The highest BCUT2D eigenvalue weighted by Crippen LogP contribution is 2.57. The summed E-state index contributed by atoms with van der Waals surface area (Å²) in [4.78, 5) is 0. The number of hydrogen-bond acceptors (Lipinski definition) is 1. The van der Waals surface area contributed by atoms with Crippen LogP contribution < -0.4 is 0 Å². The number of fused-ring (bicyclic) bond motifs is 9. The third kappa shape index (κ3) is 6.98. The van der Waals surface area contributed by atoms with Gasteiger partial charge in [0.1, 0.15) is 11.2 Å². The van der Waals surface area contributed by atoms with E-state index in [2.05, 4.69) is 269 Å². The van der Waals surface area contributed by atoms with E-state index in [-0.39, 0.29) is 11.3 Å². The Morgan fingerprint density at radius 3 is 1.68 bits per heavy atom. The van der Waals surface area contributed by atoms with Crippen molar-refractivity contribution in [3.8, 4) is 55.6 Å². The Kier molecular flexibility index (Phi) is 10.4. The SMILES string of the molecule is CC1(C)c2ccccc2-c2ccc(C(CCc3ccc(-c4ccc5c(c4)-c4ccccc4C5(c4ccccc4)c4ccc(-c5cccc6c5oc5ccccc56)cc4)cc3)c3ccc(-c4ccccc4)cc3)cc21. The summed E-state index contributed by atoms with van der Waals surface area (Å²) < 4.78 is 6.50. The van der Waals surface area contributed by atoms with Crippen LogP contribution in [-0.4, -0.2) is 0 Å². The van der Waals surface area contributed by atoms with Crippen molar-refractivity contribution in [2.45, 2.75) is 43.4 Å². The molecule has 2 aliphatic rings. The first-order valence-electron chi connectivity index (χ1n) is 26.2. The van der Waals surface area contributed by atoms with Gasteiger partial charge in [0.25, 0.3) is 0 Å². The van der Waals surface area contributed by atoms with Crippen molar-refractivity contribution >= 4 is 21.9 Å². The zero-order valence-corrected chi connectivity index (χ0v) is 41.7. The molecule has 2 aliphatic carbocycles. The van der Waals surface area contributed by atoms with Crippen LogP contribution in [0.15, 0.2) is 265 Å². The molecule has 2 atom stereocenters. The summed E-state index contributed by atoms with van der Waals surface area (Å²) >= 11 is 0. The molecule has 0 bridgehead atoms. The van der Waals surface area contributed by atoms with E-state index in [4.69, 9.17) is 4.42 Å². The predicted molar refractivity (Wildman–Crippen MR) is 308 cm³/mol. The summed E-state index contributed by atoms with van der Waals surface area (Å²) in [5.74, 6) is 0.244. The number of hydrogen-bond donors (Lipinski definition) is 0. The molecule has 11 aromatic carbocycles. The molecule has 1 nitrogen and oxygen atoms in total. The molecule has 352 valence electrons. The highest BCUT2D eigenvalue weighted by molar-refractivity contribution is 6.09. The number of furan rings is 1. The van der Waals surface area contributed by atoms with Gasteiger partial charge in [-0.1, -0.05) is 263 Å². The summed E-state index contributed by atoms with van der Waals surface area (Å²) in [5, 5.41) is 2.29. The number of para-hydroxylation sites is 2. The smallest absolute Gasteiger partial charge is 0.143 e. The van der Waals surface area contributed by atoms with Gasteiger partial charge in [0, 0.05) is 27.7 Å². The molecule has 0 fully saturated rings. The number of rotatable bonds is 10. The maximum atomic E-state index is 6.50. The minimum absolute atomic E-state index is 0.0543. The molecule has 0 spiro atoms. The average Bonchev–Trinajstić information content (AvgIpc) is 4.11. The maximum Gasteiger partial charge on any atom is 0.143 e. The van der Waals surface area contributed by atoms with Crippen molar-refractivity contribution in [2.24, 2.45) is 0 Å². The average molecular weight is 947 g/mol. The first-order chi connectivity index (χ1) is 36.4. The van der Waals surface area contributed by atoms with Crippen molar-refractivity contribution in [1.29, 1.82) is 0 Å². The van der Waals surface area contributed by atoms with Crippen LogP contribution in [0.1, 0.15) is 76.3 Å². The van der Waals surface area contributed by atoms with E-state index in [0.717, 1.165) is 45.9 Å². The van der Waals surface area contributed by atoms with Gasteiger partial charge in [-0.2, -0.15) is 0 Å². The topological polar surface area (TPSA) is 13.1 Å². The van der Waals surface area contributed by atoms with Crippen LogP contribution >= 0.6 is 0 Å². The second-order valence-corrected chi connectivity index (χ2v) is 21.0. The van der Waals surface area contributed by atoms with Crippen LogP contribution in [0.2, 0.25) is 0 Å². The Bertz CT molecular complexity index is 4060. The first-order valence-corrected chi connectivity index (χ1v) is 26.2. The molecule has 74 heavy (non-hydrogen) atoms. The van der Waals surface area contributed by atoms with Gasteiger partial charge in [-0.3, -0.25) is 0 Å². The van der Waals surface area contributed by atoms with Crippen molar-refractivity contribution in [3.63, 3.8) is 0 Å². The predicted octanol–water partition coefficient (Wildman–Crippen LogP) is 19.0. The molecule has 0 aliphatic heterocycles. The first kappa shape index (κ1) is 44.0. The van der Waals surface area contributed by atoms with Crippen LogP contribution in [-0.2, 0) is 17.3 Å². The molecule has 0 saturated heterocycles. The van der Waals surface area contributed by atoms with E-state index >= 15 is 0 Å². The Balaban J connectivity index is 0.791. The van der Waals surface area contributed by atoms with Crippen molar-refractivity contribution in [1.82, 2.24) is 0 Å². The molecule has 2 unspecified atom stereocenters. The normalized spacial score (nSPS) is 15.4. The molecule has 1 aromatic heterocycles. The maximum absolute atomic E-state index is 6.50. The van der Waals surface area contributed by atoms with E-state index in [9.17, 15) is 0 Å². The molecule has 0 saturated carbocycles. The lowest BCUT2D eigenvalue weighted by Gasteiger charge is -2.34. The van der Waals surface area contributed by atoms with Gasteiger partial charge < -0.3 is 4.42 Å². The third-order valence-electron chi connectivity index (χ3n) is 16.7. The minimum atomic E-state index is -0.504. The molecule has 14 rings (SSSR count). The van der Waals surface area contributed by atoms with Gasteiger partial charge in [0.2, 0.25) is 0 Å². The molecule has 1 heteroatoms. The van der Waals surface area contributed by atoms with Crippen LogP contribution in [0.3, 0.4) is 0 Å². The molecule has 0 N–H and O–H groups in total. The van der Waals surface area contributed by atoms with Crippen molar-refractivity contribution in [3.05, 3.63) is 311 Å². The fraction of sp³-hybridized carbons (Fsp3) is 0.0959. The molecular formula is C73H54O. The molecule has 12 aromatic rings. The minimum Gasteiger partial charge on any atom is -0.455 e. The van der Waals surface area contributed by atoms with Crippen LogP contribution in [0.25, 0.3) is 77.6 Å². The Labute approximate surface area is 434 Å². The van der Waals surface area contributed by atoms with Gasteiger partial charge in [-0.25, -0.2) is 0 Å². The van der Waals surface area contributed by atoms with E-state index in [1.54, 1.807) is 0 Å². The van der Waals surface area contributed by atoms with E-state index in [0.29, 0.717) is 0 Å². The standard InChI is InChI=1S/C73H54O/c1-72(2)66-25-12-9-20-60(66)62-44-39-55(47-69(62)72)58(52-35-33-50(34-36-52)49-16-5-3-6-17-49)43-30-48-28-31-51(32-29-48)54-40-45-68-65(46-54)61-21-10-13-26-67(61)73(68,56-18-7-4-8-19-56)57-41-37-53(38-42-57)59-23-15-24-64-63-22-11-14-27-70(63)74-71(59)64/h3-29,31-42,44-47,58H,30,43H2,1-2H3.